The van der Waals surface area contributed by atoms with Gasteiger partial charge in [0.05, 0.1) is 11.9 Å². The average Bonchev–Trinajstić information content (AvgIpc) is 3.07. The normalized spacial score (nSPS) is 11.7. The summed E-state index contributed by atoms with van der Waals surface area (Å²) in [6.45, 7) is 9.65. The highest BCUT2D eigenvalue weighted by molar-refractivity contribution is 5.94. The molecule has 1 aromatic carbocycles. The molecule has 0 bridgehead atoms. The molecule has 2 heterocycles. The van der Waals surface area contributed by atoms with Gasteiger partial charge in [-0.25, -0.2) is 9.37 Å². The second-order valence-electron chi connectivity index (χ2n) is 8.09. The smallest absolute Gasteiger partial charge is 0.230 e. The Bertz CT molecular complexity index is 985. The molecule has 0 fully saturated rings. The van der Waals surface area contributed by atoms with Gasteiger partial charge in [-0.2, -0.15) is 5.10 Å². The number of hydrogen-bond acceptors (Lipinski definition) is 3. The number of aromatic nitrogens is 3. The van der Waals surface area contributed by atoms with E-state index in [1.807, 2.05) is 51.4 Å². The Balaban J connectivity index is 2.06. The predicted molar refractivity (Wildman–Crippen MR) is 109 cm³/mol. The lowest BCUT2D eigenvalue weighted by Gasteiger charge is -2.17. The number of nitrogens with one attached hydrogen (secondary N) is 1. The molecule has 0 aliphatic heterocycles. The van der Waals surface area contributed by atoms with Crippen LogP contribution in [-0.2, 0) is 4.79 Å². The molecule has 0 radical (unpaired) electrons. The van der Waals surface area contributed by atoms with Gasteiger partial charge in [0.15, 0.2) is 0 Å². The Morgan fingerprint density at radius 2 is 1.79 bits per heavy atom. The van der Waals surface area contributed by atoms with Crippen LogP contribution in [0.3, 0.4) is 0 Å². The maximum absolute atomic E-state index is 13.4. The van der Waals surface area contributed by atoms with Crippen molar-refractivity contribution in [3.05, 3.63) is 54.6 Å². The molecule has 0 spiro atoms. The number of nitrogens with zero attached hydrogens (tertiary/aromatic N) is 3. The van der Waals surface area contributed by atoms with Crippen LogP contribution < -0.4 is 5.32 Å². The maximum atomic E-state index is 13.4. The Labute approximate surface area is 164 Å². The lowest BCUT2D eigenvalue weighted by atomic mass is 9.95. The molecule has 28 heavy (non-hydrogen) atoms. The zero-order chi connectivity index (χ0) is 20.5. The van der Waals surface area contributed by atoms with Crippen molar-refractivity contribution in [3.63, 3.8) is 0 Å². The molecule has 3 rings (SSSR count). The van der Waals surface area contributed by atoms with Gasteiger partial charge >= 0.3 is 0 Å². The fourth-order valence-electron chi connectivity index (χ4n) is 2.83. The number of amides is 1. The van der Waals surface area contributed by atoms with E-state index in [0.717, 1.165) is 22.4 Å². The number of rotatable bonds is 4. The molecular formula is C22H25FN4O. The highest BCUT2D eigenvalue weighted by Gasteiger charge is 2.22. The molecule has 0 unspecified atom stereocenters. The first-order valence-corrected chi connectivity index (χ1v) is 9.28. The first-order chi connectivity index (χ1) is 13.2. The van der Waals surface area contributed by atoms with E-state index < -0.39 is 5.41 Å². The van der Waals surface area contributed by atoms with Crippen LogP contribution in [0.5, 0.6) is 0 Å². The van der Waals surface area contributed by atoms with Gasteiger partial charge in [0.2, 0.25) is 5.91 Å². The summed E-state index contributed by atoms with van der Waals surface area (Å²) in [4.78, 5) is 16.6. The summed E-state index contributed by atoms with van der Waals surface area (Å²) in [5, 5.41) is 7.40. The molecule has 1 N–H and O–H groups in total. The summed E-state index contributed by atoms with van der Waals surface area (Å²) >= 11 is 0. The van der Waals surface area contributed by atoms with Gasteiger partial charge in [-0.1, -0.05) is 20.8 Å². The lowest BCUT2D eigenvalue weighted by molar-refractivity contribution is -0.123. The number of carbonyl (C=O) groups excluding carboxylic acids is 1. The van der Waals surface area contributed by atoms with Gasteiger partial charge < -0.3 is 5.32 Å². The molecule has 5 nitrogen and oxygen atoms in total. The molecule has 6 heteroatoms. The minimum Gasteiger partial charge on any atom is -0.310 e. The fourth-order valence-corrected chi connectivity index (χ4v) is 2.83. The summed E-state index contributed by atoms with van der Waals surface area (Å²) in [5.41, 5.74) is 3.04. The van der Waals surface area contributed by atoms with E-state index in [-0.39, 0.29) is 17.8 Å². The Morgan fingerprint density at radius 1 is 1.11 bits per heavy atom. The Hall–Kier alpha value is -3.02. The predicted octanol–water partition coefficient (Wildman–Crippen LogP) is 5.32. The van der Waals surface area contributed by atoms with Crippen LogP contribution in [0.15, 0.2) is 48.8 Å². The van der Waals surface area contributed by atoms with E-state index in [9.17, 15) is 9.18 Å². The summed E-state index contributed by atoms with van der Waals surface area (Å²) < 4.78 is 15.3. The monoisotopic (exact) mass is 380 g/mol. The first-order valence-electron chi connectivity index (χ1n) is 9.28. The van der Waals surface area contributed by atoms with Crippen molar-refractivity contribution >= 4 is 11.7 Å². The van der Waals surface area contributed by atoms with Crippen molar-refractivity contribution in [2.24, 2.45) is 5.41 Å². The van der Waals surface area contributed by atoms with E-state index in [0.29, 0.717) is 5.82 Å². The van der Waals surface area contributed by atoms with Crippen molar-refractivity contribution in [1.29, 1.82) is 0 Å². The van der Waals surface area contributed by atoms with Crippen molar-refractivity contribution in [3.8, 4) is 22.4 Å². The maximum Gasteiger partial charge on any atom is 0.230 e. The van der Waals surface area contributed by atoms with E-state index in [4.69, 9.17) is 0 Å². The molecule has 2 aromatic heterocycles. The second-order valence-corrected chi connectivity index (χ2v) is 8.09. The molecule has 0 saturated carbocycles. The number of hydrogen-bond donors (Lipinski definition) is 1. The number of carbonyl (C=O) groups is 1. The molecule has 146 valence electrons. The minimum atomic E-state index is -0.514. The summed E-state index contributed by atoms with van der Waals surface area (Å²) in [6.07, 6.45) is 3.46. The standard InChI is InChI=1S/C22H25FN4O/c1-14(2)27-20(15-6-8-17(23)9-7-15)18(13-25-27)16-10-11-24-19(12-16)26-21(28)22(3,4)5/h6-14H,1-5H3,(H,24,26,28). The van der Waals surface area contributed by atoms with Crippen molar-refractivity contribution in [2.45, 2.75) is 40.7 Å². The Morgan fingerprint density at radius 3 is 2.39 bits per heavy atom. The van der Waals surface area contributed by atoms with E-state index in [1.54, 1.807) is 24.5 Å². The van der Waals surface area contributed by atoms with Crippen LogP contribution in [-0.4, -0.2) is 20.7 Å². The lowest BCUT2D eigenvalue weighted by Crippen LogP contribution is -2.27. The van der Waals surface area contributed by atoms with Crippen LogP contribution in [0.1, 0.15) is 40.7 Å². The highest BCUT2D eigenvalue weighted by Crippen LogP contribution is 2.34. The quantitative estimate of drug-likeness (QED) is 0.667. The van der Waals surface area contributed by atoms with E-state index >= 15 is 0 Å². The largest absolute Gasteiger partial charge is 0.310 e. The van der Waals surface area contributed by atoms with Crippen LogP contribution in [0, 0.1) is 11.2 Å². The van der Waals surface area contributed by atoms with Crippen molar-refractivity contribution in [2.75, 3.05) is 5.32 Å². The van der Waals surface area contributed by atoms with Crippen molar-refractivity contribution in [1.82, 2.24) is 14.8 Å². The van der Waals surface area contributed by atoms with Gasteiger partial charge in [0, 0.05) is 28.8 Å². The molecule has 0 saturated heterocycles. The third-order valence-corrected chi connectivity index (χ3v) is 4.40. The minimum absolute atomic E-state index is 0.103. The van der Waals surface area contributed by atoms with Crippen molar-refractivity contribution < 1.29 is 9.18 Å². The van der Waals surface area contributed by atoms with Crippen LogP contribution >= 0.6 is 0 Å². The third-order valence-electron chi connectivity index (χ3n) is 4.40. The molecule has 0 aliphatic rings. The number of benzene rings is 1. The average molecular weight is 380 g/mol. The van der Waals surface area contributed by atoms with E-state index in [1.165, 1.54) is 12.1 Å². The second kappa shape index (κ2) is 7.54. The van der Waals surface area contributed by atoms with Gasteiger partial charge in [-0.3, -0.25) is 9.48 Å². The molecule has 0 atom stereocenters. The molecule has 0 aliphatic carbocycles. The fraction of sp³-hybridized carbons (Fsp3) is 0.318. The third kappa shape index (κ3) is 4.11. The zero-order valence-corrected chi connectivity index (χ0v) is 16.8. The molecular weight excluding hydrogens is 355 g/mol. The summed E-state index contributed by atoms with van der Waals surface area (Å²) in [6, 6.07) is 10.2. The first kappa shape index (κ1) is 19.7. The van der Waals surface area contributed by atoms with Crippen LogP contribution in [0.25, 0.3) is 22.4 Å². The van der Waals surface area contributed by atoms with Gasteiger partial charge in [0.1, 0.15) is 11.6 Å². The van der Waals surface area contributed by atoms with Crippen LogP contribution in [0.4, 0.5) is 10.2 Å². The zero-order valence-electron chi connectivity index (χ0n) is 16.8. The Kier molecular flexibility index (Phi) is 5.31. The molecule has 3 aromatic rings. The molecule has 1 amide bonds. The van der Waals surface area contributed by atoms with Gasteiger partial charge in [-0.15, -0.1) is 0 Å². The van der Waals surface area contributed by atoms with Gasteiger partial charge in [0.25, 0.3) is 0 Å². The number of anilines is 1. The SMILES string of the molecule is CC(C)n1ncc(-c2ccnc(NC(=O)C(C)(C)C)c2)c1-c1ccc(F)cc1. The summed E-state index contributed by atoms with van der Waals surface area (Å²) in [7, 11) is 0. The number of halogens is 1. The highest BCUT2D eigenvalue weighted by atomic mass is 19.1. The van der Waals surface area contributed by atoms with Gasteiger partial charge in [-0.05, 0) is 55.8 Å². The van der Waals surface area contributed by atoms with E-state index in [2.05, 4.69) is 15.4 Å². The number of pyridine rings is 1. The topological polar surface area (TPSA) is 59.8 Å². The van der Waals surface area contributed by atoms with Crippen LogP contribution in [0.2, 0.25) is 0 Å². The summed E-state index contributed by atoms with van der Waals surface area (Å²) in [5.74, 6) is 0.102.